The van der Waals surface area contributed by atoms with Crippen LogP contribution in [0, 0.1) is 0 Å². The van der Waals surface area contributed by atoms with Gasteiger partial charge in [0.05, 0.1) is 35.0 Å². The molecule has 0 radical (unpaired) electrons. The van der Waals surface area contributed by atoms with Crippen molar-refractivity contribution in [3.05, 3.63) is 87.0 Å². The third kappa shape index (κ3) is 6.00. The van der Waals surface area contributed by atoms with Crippen LogP contribution in [0.4, 0.5) is 5.69 Å². The highest BCUT2D eigenvalue weighted by Gasteiger charge is 2.26. The maximum absolute atomic E-state index is 13.3. The van der Waals surface area contributed by atoms with Crippen LogP contribution >= 0.6 is 46.3 Å². The first-order valence-electron chi connectivity index (χ1n) is 13.3. The zero-order valence-electron chi connectivity index (χ0n) is 22.6. The summed E-state index contributed by atoms with van der Waals surface area (Å²) in [6.07, 6.45) is 1.58. The number of furan rings is 1. The van der Waals surface area contributed by atoms with Crippen LogP contribution in [0.25, 0.3) is 17.3 Å². The van der Waals surface area contributed by atoms with E-state index < -0.39 is 0 Å². The molecule has 4 heterocycles. The molecular weight excluding hydrogens is 615 g/mol. The molecule has 9 nitrogen and oxygen atoms in total. The van der Waals surface area contributed by atoms with E-state index in [1.54, 1.807) is 24.5 Å². The van der Waals surface area contributed by atoms with E-state index in [9.17, 15) is 4.79 Å². The summed E-state index contributed by atoms with van der Waals surface area (Å²) < 4.78 is 13.2. The zero-order chi connectivity index (χ0) is 29.1. The number of ether oxygens (including phenoxy) is 1. The number of anilines is 1. The first kappa shape index (κ1) is 28.6. The van der Waals surface area contributed by atoms with E-state index in [1.165, 1.54) is 23.1 Å². The van der Waals surface area contributed by atoms with Gasteiger partial charge in [0.1, 0.15) is 16.5 Å². The monoisotopic (exact) mass is 640 g/mol. The van der Waals surface area contributed by atoms with E-state index in [0.29, 0.717) is 63.6 Å². The minimum absolute atomic E-state index is 0.0588. The fourth-order valence-electron chi connectivity index (χ4n) is 4.72. The van der Waals surface area contributed by atoms with E-state index in [2.05, 4.69) is 26.1 Å². The summed E-state index contributed by atoms with van der Waals surface area (Å²) in [5, 5.41) is 13.0. The highest BCUT2D eigenvalue weighted by atomic mass is 35.5. The van der Waals surface area contributed by atoms with Gasteiger partial charge in [-0.1, -0.05) is 47.1 Å². The van der Waals surface area contributed by atoms with Gasteiger partial charge in [0.25, 0.3) is 5.91 Å². The molecule has 0 aliphatic carbocycles. The van der Waals surface area contributed by atoms with Crippen LogP contribution in [0.1, 0.15) is 22.4 Å². The van der Waals surface area contributed by atoms with Gasteiger partial charge in [0.15, 0.2) is 10.9 Å². The molecule has 216 valence electrons. The van der Waals surface area contributed by atoms with Crippen molar-refractivity contribution in [1.82, 2.24) is 24.6 Å². The minimum atomic E-state index is -0.0588. The number of piperazine rings is 1. The van der Waals surface area contributed by atoms with Gasteiger partial charge in [-0.2, -0.15) is 0 Å². The predicted molar refractivity (Wildman–Crippen MR) is 166 cm³/mol. The number of nitrogens with zero attached hydrogens (tertiary/aromatic N) is 6. The minimum Gasteiger partial charge on any atom is -0.492 e. The van der Waals surface area contributed by atoms with Gasteiger partial charge < -0.3 is 19.0 Å². The normalized spacial score (nSPS) is 13.5. The molecule has 3 aromatic heterocycles. The van der Waals surface area contributed by atoms with Crippen molar-refractivity contribution in [3.8, 4) is 23.0 Å². The van der Waals surface area contributed by atoms with Crippen molar-refractivity contribution in [3.63, 3.8) is 0 Å². The van der Waals surface area contributed by atoms with Gasteiger partial charge in [0, 0.05) is 36.6 Å². The van der Waals surface area contributed by atoms with Gasteiger partial charge >= 0.3 is 0 Å². The Kier molecular flexibility index (Phi) is 8.71. The number of hydrogen-bond acceptors (Lipinski definition) is 9. The second-order valence-electron chi connectivity index (χ2n) is 9.31. The number of amides is 1. The molecule has 1 saturated heterocycles. The number of thioether (sulfide) groups is 1. The van der Waals surface area contributed by atoms with E-state index in [0.717, 1.165) is 29.5 Å². The Morgan fingerprint density at radius 3 is 2.64 bits per heavy atom. The van der Waals surface area contributed by atoms with Crippen LogP contribution in [-0.2, 0) is 5.75 Å². The van der Waals surface area contributed by atoms with Gasteiger partial charge in [0.2, 0.25) is 5.82 Å². The molecule has 0 atom stereocenters. The molecule has 42 heavy (non-hydrogen) atoms. The number of para-hydroxylation sites is 2. The SMILES string of the molecule is CCOc1ccccc1N1CCN(C(=O)c2csc(CSc3nnc(-c4ccco4)n3-c3ccc(Cl)cc3Cl)n2)CC1. The molecule has 1 fully saturated rings. The largest absolute Gasteiger partial charge is 0.492 e. The van der Waals surface area contributed by atoms with E-state index >= 15 is 0 Å². The first-order valence-corrected chi connectivity index (χ1v) is 15.9. The number of hydrogen-bond donors (Lipinski definition) is 0. The summed E-state index contributed by atoms with van der Waals surface area (Å²) in [7, 11) is 0. The van der Waals surface area contributed by atoms with Crippen LogP contribution in [0.15, 0.2) is 75.8 Å². The lowest BCUT2D eigenvalue weighted by molar-refractivity contribution is 0.0741. The highest BCUT2D eigenvalue weighted by molar-refractivity contribution is 7.98. The van der Waals surface area contributed by atoms with Crippen LogP contribution in [0.2, 0.25) is 10.0 Å². The fraction of sp³-hybridized carbons (Fsp3) is 0.241. The Balaban J connectivity index is 1.13. The Hall–Kier alpha value is -3.51. The van der Waals surface area contributed by atoms with E-state index in [4.69, 9.17) is 32.4 Å². The molecule has 1 amide bonds. The van der Waals surface area contributed by atoms with E-state index in [1.807, 2.05) is 52.1 Å². The second kappa shape index (κ2) is 12.8. The number of benzene rings is 2. The molecule has 13 heteroatoms. The van der Waals surface area contributed by atoms with Crippen LogP contribution < -0.4 is 9.64 Å². The summed E-state index contributed by atoms with van der Waals surface area (Å²) in [6, 6.07) is 16.9. The molecule has 0 N–H and O–H groups in total. The third-order valence-corrected chi connectivity index (χ3v) is 9.20. The second-order valence-corrected chi connectivity index (χ2v) is 12.0. The average molecular weight is 642 g/mol. The molecule has 6 rings (SSSR count). The number of thiazole rings is 1. The molecule has 0 unspecified atom stereocenters. The lowest BCUT2D eigenvalue weighted by Crippen LogP contribution is -2.49. The van der Waals surface area contributed by atoms with Crippen molar-refractivity contribution >= 4 is 57.9 Å². The van der Waals surface area contributed by atoms with Crippen molar-refractivity contribution in [2.45, 2.75) is 17.8 Å². The Labute approximate surface area is 261 Å². The average Bonchev–Trinajstić information content (AvgIpc) is 3.78. The number of aromatic nitrogens is 4. The summed E-state index contributed by atoms with van der Waals surface area (Å²) in [6.45, 7) is 5.26. The molecule has 0 saturated carbocycles. The van der Waals surface area contributed by atoms with Crippen LogP contribution in [0.5, 0.6) is 5.75 Å². The van der Waals surface area contributed by atoms with Gasteiger partial charge in [-0.05, 0) is 49.4 Å². The van der Waals surface area contributed by atoms with E-state index in [-0.39, 0.29) is 5.91 Å². The summed E-state index contributed by atoms with van der Waals surface area (Å²) in [5.74, 6) is 2.39. The summed E-state index contributed by atoms with van der Waals surface area (Å²) >= 11 is 15.6. The molecule has 1 aliphatic rings. The molecule has 0 spiro atoms. The topological polar surface area (TPSA) is 89.5 Å². The summed E-state index contributed by atoms with van der Waals surface area (Å²) in [4.78, 5) is 22.1. The predicted octanol–water partition coefficient (Wildman–Crippen LogP) is 6.94. The number of rotatable bonds is 9. The number of halogens is 2. The molecule has 2 aromatic carbocycles. The number of carbonyl (C=O) groups is 1. The highest BCUT2D eigenvalue weighted by Crippen LogP contribution is 2.34. The van der Waals surface area contributed by atoms with Crippen molar-refractivity contribution in [2.75, 3.05) is 37.7 Å². The van der Waals surface area contributed by atoms with Gasteiger partial charge in [-0.25, -0.2) is 4.98 Å². The van der Waals surface area contributed by atoms with Crippen LogP contribution in [-0.4, -0.2) is 63.3 Å². The summed E-state index contributed by atoms with van der Waals surface area (Å²) in [5.41, 5.74) is 2.19. The third-order valence-electron chi connectivity index (χ3n) is 6.69. The van der Waals surface area contributed by atoms with Crippen molar-refractivity contribution < 1.29 is 13.9 Å². The smallest absolute Gasteiger partial charge is 0.273 e. The maximum atomic E-state index is 13.3. The van der Waals surface area contributed by atoms with Crippen molar-refractivity contribution in [1.29, 1.82) is 0 Å². The first-order chi connectivity index (χ1) is 20.5. The lowest BCUT2D eigenvalue weighted by Gasteiger charge is -2.36. The molecule has 1 aliphatic heterocycles. The molecular formula is C29H26Cl2N6O3S2. The van der Waals surface area contributed by atoms with Crippen molar-refractivity contribution in [2.24, 2.45) is 0 Å². The quantitative estimate of drug-likeness (QED) is 0.160. The maximum Gasteiger partial charge on any atom is 0.273 e. The standard InChI is InChI=1S/C29H26Cl2N6O3S2/c1-2-39-24-7-4-3-6-23(24)35-11-13-36(14-12-35)28(38)21-17-41-26(32-21)18-42-29-34-33-27(25-8-5-15-40-25)37(29)22-10-9-19(30)16-20(22)31/h3-10,15-17H,2,11-14,18H2,1H3. The fourth-order valence-corrected chi connectivity index (χ4v) is 6.94. The Morgan fingerprint density at radius 1 is 1.05 bits per heavy atom. The zero-order valence-corrected chi connectivity index (χ0v) is 25.7. The van der Waals surface area contributed by atoms with Gasteiger partial charge in [-0.3, -0.25) is 9.36 Å². The molecule has 5 aromatic rings. The Morgan fingerprint density at radius 2 is 1.88 bits per heavy atom. The van der Waals surface area contributed by atoms with Gasteiger partial charge in [-0.15, -0.1) is 21.5 Å². The number of carbonyl (C=O) groups excluding carboxylic acids is 1. The Bertz CT molecular complexity index is 1680. The molecule has 0 bridgehead atoms. The lowest BCUT2D eigenvalue weighted by atomic mass is 10.2. The van der Waals surface area contributed by atoms with Crippen LogP contribution in [0.3, 0.4) is 0 Å².